The summed E-state index contributed by atoms with van der Waals surface area (Å²) in [5, 5.41) is 26.4. The molecule has 2 N–H and O–H groups in total. The van der Waals surface area contributed by atoms with Crippen LogP contribution in [0.25, 0.3) is 0 Å². The van der Waals surface area contributed by atoms with E-state index in [-0.39, 0.29) is 6.61 Å². The Balaban J connectivity index is 2.30. The zero-order chi connectivity index (χ0) is 9.68. The highest BCUT2D eigenvalue weighted by Gasteiger charge is 2.21. The summed E-state index contributed by atoms with van der Waals surface area (Å²) in [4.78, 5) is 1.91. The summed E-state index contributed by atoms with van der Waals surface area (Å²) >= 11 is 0. The van der Waals surface area contributed by atoms with Gasteiger partial charge in [0.1, 0.15) is 0 Å². The van der Waals surface area contributed by atoms with Crippen LogP contribution in [0.15, 0.2) is 0 Å². The molecule has 74 valence electrons. The van der Waals surface area contributed by atoms with Gasteiger partial charge in [-0.15, -0.1) is 0 Å². The smallest absolute Gasteiger partial charge is 0.156 e. The molecule has 5 heteroatoms. The van der Waals surface area contributed by atoms with Gasteiger partial charge in [0.25, 0.3) is 0 Å². The van der Waals surface area contributed by atoms with Crippen molar-refractivity contribution in [3.05, 3.63) is 0 Å². The number of aliphatic hydroxyl groups excluding tert-OH is 2. The van der Waals surface area contributed by atoms with Crippen molar-refractivity contribution < 1.29 is 14.9 Å². The molecule has 0 spiro atoms. The minimum atomic E-state index is -0.725. The van der Waals surface area contributed by atoms with Crippen LogP contribution < -0.4 is 0 Å². The van der Waals surface area contributed by atoms with Crippen LogP contribution in [0.4, 0.5) is 0 Å². The molecule has 0 aliphatic carbocycles. The van der Waals surface area contributed by atoms with Crippen molar-refractivity contribution in [1.29, 1.82) is 5.26 Å². The normalized spacial score (nSPS) is 26.7. The first kappa shape index (κ1) is 10.4. The van der Waals surface area contributed by atoms with Crippen LogP contribution in [0.3, 0.4) is 0 Å². The van der Waals surface area contributed by atoms with E-state index in [4.69, 9.17) is 20.2 Å². The van der Waals surface area contributed by atoms with Crippen LogP contribution in [-0.4, -0.2) is 60.2 Å². The van der Waals surface area contributed by atoms with Gasteiger partial charge in [0.15, 0.2) is 6.10 Å². The predicted molar refractivity (Wildman–Crippen MR) is 44.9 cm³/mol. The molecule has 2 unspecified atom stereocenters. The Hall–Kier alpha value is -0.670. The summed E-state index contributed by atoms with van der Waals surface area (Å²) in [5.74, 6) is 0. The minimum absolute atomic E-state index is 0.241. The number of β-amino-alcohol motifs (C(OH)–C–C–N with tert-alkyl or cyclic N) is 1. The second kappa shape index (κ2) is 5.14. The zero-order valence-electron chi connectivity index (χ0n) is 7.39. The topological polar surface area (TPSA) is 76.7 Å². The second-order valence-electron chi connectivity index (χ2n) is 3.08. The Morgan fingerprint density at radius 2 is 2.46 bits per heavy atom. The lowest BCUT2D eigenvalue weighted by Crippen LogP contribution is -2.45. The first-order valence-electron chi connectivity index (χ1n) is 4.28. The minimum Gasteiger partial charge on any atom is -0.394 e. The molecule has 1 rings (SSSR count). The van der Waals surface area contributed by atoms with Crippen molar-refractivity contribution in [3.63, 3.8) is 0 Å². The molecule has 0 radical (unpaired) electrons. The fourth-order valence-corrected chi connectivity index (χ4v) is 1.30. The number of morpholine rings is 1. The van der Waals surface area contributed by atoms with Crippen LogP contribution in [0, 0.1) is 11.3 Å². The Morgan fingerprint density at radius 1 is 1.69 bits per heavy atom. The zero-order valence-corrected chi connectivity index (χ0v) is 7.39. The van der Waals surface area contributed by atoms with Crippen LogP contribution in [0.1, 0.15) is 0 Å². The van der Waals surface area contributed by atoms with Crippen molar-refractivity contribution in [1.82, 2.24) is 4.90 Å². The highest BCUT2D eigenvalue weighted by molar-refractivity contribution is 4.89. The molecule has 2 atom stereocenters. The summed E-state index contributed by atoms with van der Waals surface area (Å²) < 4.78 is 5.13. The molecule has 1 heterocycles. The average molecular weight is 186 g/mol. The lowest BCUT2D eigenvalue weighted by Gasteiger charge is -2.30. The third-order valence-corrected chi connectivity index (χ3v) is 1.97. The van der Waals surface area contributed by atoms with Gasteiger partial charge in [-0.3, -0.25) is 4.90 Å². The highest BCUT2D eigenvalue weighted by atomic mass is 16.5. The van der Waals surface area contributed by atoms with Crippen LogP contribution in [0.5, 0.6) is 0 Å². The maximum Gasteiger partial charge on any atom is 0.156 e. The molecule has 0 aromatic heterocycles. The monoisotopic (exact) mass is 186 g/mol. The molecular formula is C8H14N2O3. The molecule has 1 aliphatic heterocycles. The summed E-state index contributed by atoms with van der Waals surface area (Å²) in [6.07, 6.45) is -1.13. The van der Waals surface area contributed by atoms with Gasteiger partial charge in [-0.2, -0.15) is 5.26 Å². The largest absolute Gasteiger partial charge is 0.394 e. The van der Waals surface area contributed by atoms with E-state index in [9.17, 15) is 0 Å². The van der Waals surface area contributed by atoms with Gasteiger partial charge in [0.05, 0.1) is 25.4 Å². The third kappa shape index (κ3) is 3.28. The first-order chi connectivity index (χ1) is 6.26. The first-order valence-corrected chi connectivity index (χ1v) is 4.28. The molecule has 5 nitrogen and oxygen atoms in total. The van der Waals surface area contributed by atoms with Crippen LogP contribution >= 0.6 is 0 Å². The molecule has 1 aliphatic rings. The summed E-state index contributed by atoms with van der Waals surface area (Å²) in [6, 6.07) is 2.02. The Labute approximate surface area is 77.1 Å². The van der Waals surface area contributed by atoms with E-state index in [2.05, 4.69) is 0 Å². The van der Waals surface area contributed by atoms with E-state index >= 15 is 0 Å². The maximum absolute atomic E-state index is 9.15. The van der Waals surface area contributed by atoms with Gasteiger partial charge >= 0.3 is 0 Å². The third-order valence-electron chi connectivity index (χ3n) is 1.97. The fourth-order valence-electron chi connectivity index (χ4n) is 1.30. The van der Waals surface area contributed by atoms with Gasteiger partial charge in [-0.1, -0.05) is 0 Å². The number of rotatable bonds is 3. The summed E-state index contributed by atoms with van der Waals surface area (Å²) in [6.45, 7) is 1.88. The second-order valence-corrected chi connectivity index (χ2v) is 3.08. The molecule has 13 heavy (non-hydrogen) atoms. The molecule has 0 amide bonds. The predicted octanol–water partition coefficient (Wildman–Crippen LogP) is -1.44. The maximum atomic E-state index is 9.15. The van der Waals surface area contributed by atoms with Gasteiger partial charge in [0, 0.05) is 19.6 Å². The molecule has 1 fully saturated rings. The van der Waals surface area contributed by atoms with Crippen LogP contribution in [-0.2, 0) is 4.74 Å². The van der Waals surface area contributed by atoms with Gasteiger partial charge in [0.2, 0.25) is 0 Å². The van der Waals surface area contributed by atoms with Crippen molar-refractivity contribution in [2.45, 2.75) is 12.2 Å². The molecule has 0 saturated carbocycles. The number of hydrogen-bond acceptors (Lipinski definition) is 5. The Morgan fingerprint density at radius 3 is 3.08 bits per heavy atom. The molecule has 1 saturated heterocycles. The Bertz CT molecular complexity index is 192. The number of aliphatic hydroxyl groups is 2. The molecule has 0 bridgehead atoms. The van der Waals surface area contributed by atoms with E-state index in [1.807, 2.05) is 11.0 Å². The summed E-state index contributed by atoms with van der Waals surface area (Å²) in [7, 11) is 0. The number of nitrogens with zero attached hydrogens (tertiary/aromatic N) is 2. The lowest BCUT2D eigenvalue weighted by molar-refractivity contribution is -0.0233. The number of nitriles is 1. The van der Waals surface area contributed by atoms with E-state index in [1.165, 1.54) is 0 Å². The molecular weight excluding hydrogens is 172 g/mol. The Kier molecular flexibility index (Phi) is 4.12. The van der Waals surface area contributed by atoms with Gasteiger partial charge in [-0.25, -0.2) is 0 Å². The quantitative estimate of drug-likeness (QED) is 0.564. The highest BCUT2D eigenvalue weighted by Crippen LogP contribution is 2.04. The van der Waals surface area contributed by atoms with Crippen molar-refractivity contribution in [3.8, 4) is 6.07 Å². The molecule has 0 aromatic carbocycles. The standard InChI is InChI=1S/C8H14N2O3/c9-3-8-5-10(1-2-13-8)4-7(12)6-11/h7-8,11-12H,1-2,4-6H2. The summed E-state index contributed by atoms with van der Waals surface area (Å²) in [5.41, 5.74) is 0. The van der Waals surface area contributed by atoms with Crippen molar-refractivity contribution >= 4 is 0 Å². The van der Waals surface area contributed by atoms with Crippen molar-refractivity contribution in [2.75, 3.05) is 32.8 Å². The van der Waals surface area contributed by atoms with Gasteiger partial charge < -0.3 is 14.9 Å². The SMILES string of the molecule is N#CC1CN(CC(O)CO)CCO1. The average Bonchev–Trinajstić information content (AvgIpc) is 2.18. The molecule has 0 aromatic rings. The van der Waals surface area contributed by atoms with Gasteiger partial charge in [-0.05, 0) is 0 Å². The van der Waals surface area contributed by atoms with E-state index in [0.29, 0.717) is 26.2 Å². The number of hydrogen-bond donors (Lipinski definition) is 2. The van der Waals surface area contributed by atoms with Crippen molar-refractivity contribution in [2.24, 2.45) is 0 Å². The number of ether oxygens (including phenoxy) is 1. The van der Waals surface area contributed by atoms with E-state index in [0.717, 1.165) is 0 Å². The van der Waals surface area contributed by atoms with E-state index in [1.54, 1.807) is 0 Å². The lowest BCUT2D eigenvalue weighted by atomic mass is 10.2. The van der Waals surface area contributed by atoms with E-state index < -0.39 is 12.2 Å². The fraction of sp³-hybridized carbons (Fsp3) is 0.875. The van der Waals surface area contributed by atoms with Crippen LogP contribution in [0.2, 0.25) is 0 Å².